The number of β-amino-alcohol motifs (C(OH)–C–C–N with tert-alkyl or cyclic N) is 1. The Hall–Kier alpha value is -0.120. The Bertz CT molecular complexity index is 72.0. The molecule has 0 amide bonds. The first-order chi connectivity index (χ1) is 4.18. The van der Waals surface area contributed by atoms with Crippen molar-refractivity contribution in [1.29, 1.82) is 0 Å². The van der Waals surface area contributed by atoms with E-state index in [1.54, 1.807) is 0 Å². The number of ether oxygens (including phenoxy) is 1. The molecule has 0 aromatic rings. The van der Waals surface area contributed by atoms with Crippen LogP contribution in [0.1, 0.15) is 6.92 Å². The van der Waals surface area contributed by atoms with Crippen molar-refractivity contribution < 1.29 is 9.84 Å². The minimum absolute atomic E-state index is 0.166. The van der Waals surface area contributed by atoms with E-state index in [-0.39, 0.29) is 6.10 Å². The molecule has 0 radical (unpaired) electrons. The van der Waals surface area contributed by atoms with Crippen molar-refractivity contribution >= 4 is 0 Å². The fourth-order valence-electron chi connectivity index (χ4n) is 1.13. The molecule has 3 heteroatoms. The quantitative estimate of drug-likeness (QED) is 0.488. The van der Waals surface area contributed by atoms with Crippen LogP contribution in [0.5, 0.6) is 0 Å². The lowest BCUT2D eigenvalue weighted by molar-refractivity contribution is -0.173. The largest absolute Gasteiger partial charge is 0.367 e. The summed E-state index contributed by atoms with van der Waals surface area (Å²) in [5.74, 6) is 0. The van der Waals surface area contributed by atoms with E-state index < -0.39 is 6.29 Å². The van der Waals surface area contributed by atoms with Crippen LogP contribution in [0.15, 0.2) is 0 Å². The van der Waals surface area contributed by atoms with Crippen molar-refractivity contribution in [3.8, 4) is 0 Å². The van der Waals surface area contributed by atoms with Crippen LogP contribution >= 0.6 is 0 Å². The number of likely N-dealkylation sites (N-methyl/N-ethyl adjacent to an activating group) is 1. The van der Waals surface area contributed by atoms with Crippen LogP contribution in [0.2, 0.25) is 0 Å². The Balaban J connectivity index is 2.34. The van der Waals surface area contributed by atoms with Crippen molar-refractivity contribution in [2.45, 2.75) is 19.3 Å². The number of nitrogens with zero attached hydrogens (tertiary/aromatic N) is 1. The fourth-order valence-corrected chi connectivity index (χ4v) is 1.13. The van der Waals surface area contributed by atoms with E-state index in [2.05, 4.69) is 4.90 Å². The lowest BCUT2D eigenvalue weighted by Gasteiger charge is -2.31. The molecule has 3 nitrogen and oxygen atoms in total. The van der Waals surface area contributed by atoms with Crippen LogP contribution in [0.4, 0.5) is 0 Å². The van der Waals surface area contributed by atoms with E-state index in [4.69, 9.17) is 9.84 Å². The lowest BCUT2D eigenvalue weighted by atomic mass is 10.3. The number of hydrogen-bond donors (Lipinski definition) is 1. The Morgan fingerprint density at radius 3 is 2.67 bits per heavy atom. The van der Waals surface area contributed by atoms with Crippen molar-refractivity contribution in [3.63, 3.8) is 0 Å². The maximum absolute atomic E-state index is 8.99. The molecule has 0 aliphatic carbocycles. The van der Waals surface area contributed by atoms with Crippen LogP contribution in [-0.4, -0.2) is 42.5 Å². The fraction of sp³-hybridized carbons (Fsp3) is 1.00. The highest BCUT2D eigenvalue weighted by Crippen LogP contribution is 2.05. The van der Waals surface area contributed by atoms with Crippen LogP contribution < -0.4 is 0 Å². The second kappa shape index (κ2) is 2.64. The maximum atomic E-state index is 8.99. The summed E-state index contributed by atoms with van der Waals surface area (Å²) < 4.78 is 5.07. The molecule has 1 fully saturated rings. The molecule has 2 unspecified atom stereocenters. The molecule has 1 aliphatic rings. The molecule has 54 valence electrons. The summed E-state index contributed by atoms with van der Waals surface area (Å²) in [6.45, 7) is 3.50. The third-order valence-electron chi connectivity index (χ3n) is 1.43. The van der Waals surface area contributed by atoms with E-state index in [1.807, 2.05) is 14.0 Å². The highest BCUT2D eigenvalue weighted by molar-refractivity contribution is 4.65. The second-order valence-electron chi connectivity index (χ2n) is 2.62. The maximum Gasteiger partial charge on any atom is 0.167 e. The Morgan fingerprint density at radius 2 is 2.22 bits per heavy atom. The first-order valence-corrected chi connectivity index (χ1v) is 3.20. The second-order valence-corrected chi connectivity index (χ2v) is 2.62. The van der Waals surface area contributed by atoms with Gasteiger partial charge in [0.15, 0.2) is 6.29 Å². The molecule has 1 rings (SSSR count). The van der Waals surface area contributed by atoms with E-state index in [1.165, 1.54) is 0 Å². The Labute approximate surface area is 55.2 Å². The first-order valence-electron chi connectivity index (χ1n) is 3.20. The van der Waals surface area contributed by atoms with Gasteiger partial charge in [0.1, 0.15) is 0 Å². The number of morpholine rings is 1. The van der Waals surface area contributed by atoms with Crippen molar-refractivity contribution in [2.24, 2.45) is 0 Å². The van der Waals surface area contributed by atoms with Gasteiger partial charge in [-0.15, -0.1) is 0 Å². The zero-order chi connectivity index (χ0) is 6.85. The topological polar surface area (TPSA) is 32.7 Å². The molecule has 0 bridgehead atoms. The van der Waals surface area contributed by atoms with Gasteiger partial charge in [0.2, 0.25) is 0 Å². The Kier molecular flexibility index (Phi) is 2.05. The van der Waals surface area contributed by atoms with Crippen LogP contribution in [-0.2, 0) is 4.74 Å². The molecule has 1 saturated heterocycles. The molecule has 0 aromatic carbocycles. The predicted octanol–water partition coefficient (Wildman–Crippen LogP) is -0.345. The van der Waals surface area contributed by atoms with Gasteiger partial charge < -0.3 is 9.84 Å². The summed E-state index contributed by atoms with van der Waals surface area (Å²) in [4.78, 5) is 2.05. The summed E-state index contributed by atoms with van der Waals surface area (Å²) in [5, 5.41) is 8.99. The first kappa shape index (κ1) is 6.99. The van der Waals surface area contributed by atoms with Gasteiger partial charge in [-0.25, -0.2) is 0 Å². The molecule has 0 aromatic heterocycles. The molecular weight excluding hydrogens is 118 g/mol. The van der Waals surface area contributed by atoms with E-state index in [0.717, 1.165) is 6.54 Å². The predicted molar refractivity (Wildman–Crippen MR) is 34.1 cm³/mol. The summed E-state index contributed by atoms with van der Waals surface area (Å²) in [6, 6.07) is 0. The SMILES string of the molecule is CC1CN(C)CC(O)O1. The van der Waals surface area contributed by atoms with Gasteiger partial charge in [-0.3, -0.25) is 4.90 Å². The normalized spacial score (nSPS) is 39.0. The minimum atomic E-state index is -0.584. The van der Waals surface area contributed by atoms with Crippen molar-refractivity contribution in [2.75, 3.05) is 20.1 Å². The molecule has 1 heterocycles. The van der Waals surface area contributed by atoms with E-state index in [0.29, 0.717) is 6.54 Å². The van der Waals surface area contributed by atoms with Gasteiger partial charge in [-0.05, 0) is 14.0 Å². The van der Waals surface area contributed by atoms with Gasteiger partial charge in [0.25, 0.3) is 0 Å². The number of aliphatic hydroxyl groups excluding tert-OH is 1. The lowest BCUT2D eigenvalue weighted by Crippen LogP contribution is -2.44. The molecule has 1 aliphatic heterocycles. The van der Waals surface area contributed by atoms with E-state index >= 15 is 0 Å². The molecule has 1 N–H and O–H groups in total. The molecule has 2 atom stereocenters. The Morgan fingerprint density at radius 1 is 1.56 bits per heavy atom. The minimum Gasteiger partial charge on any atom is -0.367 e. The van der Waals surface area contributed by atoms with Crippen molar-refractivity contribution in [1.82, 2.24) is 4.90 Å². The molecule has 0 spiro atoms. The molecular formula is C6H13NO2. The molecule has 0 saturated carbocycles. The highest BCUT2D eigenvalue weighted by atomic mass is 16.6. The monoisotopic (exact) mass is 131 g/mol. The summed E-state index contributed by atoms with van der Waals surface area (Å²) >= 11 is 0. The number of hydrogen-bond acceptors (Lipinski definition) is 3. The highest BCUT2D eigenvalue weighted by Gasteiger charge is 2.19. The zero-order valence-electron chi connectivity index (χ0n) is 5.87. The number of rotatable bonds is 0. The van der Waals surface area contributed by atoms with Crippen LogP contribution in [0, 0.1) is 0 Å². The van der Waals surface area contributed by atoms with Gasteiger partial charge >= 0.3 is 0 Å². The molecule has 9 heavy (non-hydrogen) atoms. The van der Waals surface area contributed by atoms with Crippen LogP contribution in [0.25, 0.3) is 0 Å². The van der Waals surface area contributed by atoms with Gasteiger partial charge in [0.05, 0.1) is 6.10 Å². The van der Waals surface area contributed by atoms with Gasteiger partial charge in [-0.1, -0.05) is 0 Å². The van der Waals surface area contributed by atoms with Crippen LogP contribution in [0.3, 0.4) is 0 Å². The standard InChI is InChI=1S/C6H13NO2/c1-5-3-7(2)4-6(8)9-5/h5-6,8H,3-4H2,1-2H3. The average molecular weight is 131 g/mol. The van der Waals surface area contributed by atoms with E-state index in [9.17, 15) is 0 Å². The van der Waals surface area contributed by atoms with Gasteiger partial charge in [-0.2, -0.15) is 0 Å². The zero-order valence-corrected chi connectivity index (χ0v) is 5.87. The summed E-state index contributed by atoms with van der Waals surface area (Å²) in [6.07, 6.45) is -0.419. The summed E-state index contributed by atoms with van der Waals surface area (Å²) in [5.41, 5.74) is 0. The number of aliphatic hydroxyl groups is 1. The summed E-state index contributed by atoms with van der Waals surface area (Å²) in [7, 11) is 1.97. The average Bonchev–Trinajstić information content (AvgIpc) is 1.59. The third kappa shape index (κ3) is 1.93. The third-order valence-corrected chi connectivity index (χ3v) is 1.43. The smallest absolute Gasteiger partial charge is 0.167 e. The van der Waals surface area contributed by atoms with Gasteiger partial charge in [0, 0.05) is 13.1 Å². The van der Waals surface area contributed by atoms with Crippen molar-refractivity contribution in [3.05, 3.63) is 0 Å².